The number of carbonyl (C=O) groups excluding carboxylic acids is 2. The van der Waals surface area contributed by atoms with Crippen molar-refractivity contribution in [2.24, 2.45) is 0 Å². The van der Waals surface area contributed by atoms with E-state index in [4.69, 9.17) is 4.74 Å². The molecule has 3 N–H and O–H groups in total. The minimum absolute atomic E-state index is 0.0223. The first kappa shape index (κ1) is 92.3. The Morgan fingerprint density at radius 1 is 0.287 bits per heavy atom. The van der Waals surface area contributed by atoms with Gasteiger partial charge in [-0.3, -0.25) is 9.59 Å². The number of esters is 1. The predicted octanol–water partition coefficient (Wildman–Crippen LogP) is 29.2. The molecule has 0 aliphatic rings. The first-order chi connectivity index (χ1) is 46.5. The summed E-state index contributed by atoms with van der Waals surface area (Å²) >= 11 is 0. The molecule has 94 heavy (non-hydrogen) atoms. The number of hydrogen-bond donors (Lipinski definition) is 3. The molecular formula is C88H171NO5. The van der Waals surface area contributed by atoms with E-state index < -0.39 is 12.1 Å². The molecule has 2 atom stereocenters. The summed E-state index contributed by atoms with van der Waals surface area (Å²) in [5.74, 6) is -0.00288. The lowest BCUT2D eigenvalue weighted by molar-refractivity contribution is -0.143. The fourth-order valence-corrected chi connectivity index (χ4v) is 14.1. The first-order valence-electron chi connectivity index (χ1n) is 43.6. The van der Waals surface area contributed by atoms with E-state index in [0.29, 0.717) is 25.9 Å². The molecule has 0 aliphatic heterocycles. The van der Waals surface area contributed by atoms with Crippen molar-refractivity contribution in [2.45, 2.75) is 514 Å². The van der Waals surface area contributed by atoms with Crippen molar-refractivity contribution < 1.29 is 24.5 Å². The maximum absolute atomic E-state index is 12.6. The summed E-state index contributed by atoms with van der Waals surface area (Å²) in [6.45, 7) is 5.01. The quantitative estimate of drug-likeness (QED) is 0.0320. The van der Waals surface area contributed by atoms with Crippen LogP contribution in [0.3, 0.4) is 0 Å². The maximum Gasteiger partial charge on any atom is 0.305 e. The van der Waals surface area contributed by atoms with Gasteiger partial charge in [0, 0.05) is 12.8 Å². The second-order valence-electron chi connectivity index (χ2n) is 30.2. The maximum atomic E-state index is 12.6. The third-order valence-corrected chi connectivity index (χ3v) is 20.7. The van der Waals surface area contributed by atoms with Gasteiger partial charge >= 0.3 is 5.97 Å². The number of aliphatic hydroxyl groups excluding tert-OH is 2. The average Bonchev–Trinajstić information content (AvgIpc) is 3.66. The molecule has 0 spiro atoms. The van der Waals surface area contributed by atoms with Gasteiger partial charge in [0.25, 0.3) is 0 Å². The fraction of sp³-hybridized carbons (Fsp3) is 0.932. The molecule has 6 heteroatoms. The molecule has 0 saturated carbocycles. The molecule has 0 rings (SSSR count). The number of ether oxygens (including phenoxy) is 1. The van der Waals surface area contributed by atoms with Crippen LogP contribution in [0.2, 0.25) is 0 Å². The number of nitrogens with one attached hydrogen (secondary N) is 1. The summed E-state index contributed by atoms with van der Waals surface area (Å²) in [6, 6.07) is -0.539. The van der Waals surface area contributed by atoms with Gasteiger partial charge in [-0.1, -0.05) is 436 Å². The van der Waals surface area contributed by atoms with Crippen molar-refractivity contribution in [3.63, 3.8) is 0 Å². The Morgan fingerprint density at radius 3 is 0.755 bits per heavy atom. The van der Waals surface area contributed by atoms with Crippen LogP contribution >= 0.6 is 0 Å². The second kappa shape index (κ2) is 83.8. The highest BCUT2D eigenvalue weighted by molar-refractivity contribution is 5.76. The zero-order valence-corrected chi connectivity index (χ0v) is 64.2. The topological polar surface area (TPSA) is 95.9 Å². The van der Waals surface area contributed by atoms with Gasteiger partial charge in [0.15, 0.2) is 0 Å². The number of hydrogen-bond acceptors (Lipinski definition) is 5. The molecule has 0 bridgehead atoms. The molecule has 2 unspecified atom stereocenters. The highest BCUT2D eigenvalue weighted by atomic mass is 16.5. The Bertz CT molecular complexity index is 1480. The number of carbonyl (C=O) groups is 2. The van der Waals surface area contributed by atoms with Gasteiger partial charge in [-0.05, 0) is 77.0 Å². The monoisotopic (exact) mass is 1320 g/mol. The van der Waals surface area contributed by atoms with Gasteiger partial charge in [-0.15, -0.1) is 0 Å². The number of aliphatic hydroxyl groups is 2. The molecule has 0 aromatic carbocycles. The van der Waals surface area contributed by atoms with Crippen molar-refractivity contribution in [2.75, 3.05) is 13.2 Å². The van der Waals surface area contributed by atoms with Gasteiger partial charge in [0.05, 0.1) is 25.4 Å². The zero-order valence-electron chi connectivity index (χ0n) is 64.2. The van der Waals surface area contributed by atoms with Crippen LogP contribution in [0, 0.1) is 0 Å². The van der Waals surface area contributed by atoms with E-state index >= 15 is 0 Å². The molecule has 558 valence electrons. The van der Waals surface area contributed by atoms with E-state index in [1.54, 1.807) is 0 Å². The summed E-state index contributed by atoms with van der Waals surface area (Å²) in [4.78, 5) is 24.7. The number of rotatable bonds is 83. The molecule has 0 aromatic rings. The summed E-state index contributed by atoms with van der Waals surface area (Å²) in [5.41, 5.74) is 0. The summed E-state index contributed by atoms with van der Waals surface area (Å²) in [7, 11) is 0. The van der Waals surface area contributed by atoms with Crippen LogP contribution in [-0.2, 0) is 14.3 Å². The lowest BCUT2D eigenvalue weighted by Crippen LogP contribution is -2.45. The van der Waals surface area contributed by atoms with Crippen molar-refractivity contribution in [1.29, 1.82) is 0 Å². The van der Waals surface area contributed by atoms with Crippen LogP contribution in [0.4, 0.5) is 0 Å². The van der Waals surface area contributed by atoms with Crippen LogP contribution in [-0.4, -0.2) is 47.4 Å². The largest absolute Gasteiger partial charge is 0.466 e. The van der Waals surface area contributed by atoms with Crippen LogP contribution in [0.15, 0.2) is 24.3 Å². The lowest BCUT2D eigenvalue weighted by atomic mass is 10.0. The van der Waals surface area contributed by atoms with Gasteiger partial charge in [0.1, 0.15) is 0 Å². The van der Waals surface area contributed by atoms with Crippen molar-refractivity contribution in [3.8, 4) is 0 Å². The molecule has 0 aliphatic carbocycles. The van der Waals surface area contributed by atoms with E-state index in [1.807, 2.05) is 0 Å². The Kier molecular flexibility index (Phi) is 82.3. The van der Waals surface area contributed by atoms with E-state index in [9.17, 15) is 19.8 Å². The number of amides is 1. The molecule has 6 nitrogen and oxygen atoms in total. The van der Waals surface area contributed by atoms with E-state index in [1.165, 1.54) is 430 Å². The van der Waals surface area contributed by atoms with Crippen LogP contribution in [0.1, 0.15) is 502 Å². The van der Waals surface area contributed by atoms with Crippen molar-refractivity contribution in [3.05, 3.63) is 24.3 Å². The summed E-state index contributed by atoms with van der Waals surface area (Å²) in [5, 5.41) is 23.5. The number of unbranched alkanes of at least 4 members (excludes halogenated alkanes) is 68. The summed E-state index contributed by atoms with van der Waals surface area (Å²) in [6.07, 6.45) is 109. The Balaban J connectivity index is 3.32. The van der Waals surface area contributed by atoms with Crippen LogP contribution in [0.25, 0.3) is 0 Å². The SMILES string of the molecule is CCCCCCCC/C=C\CCCCCCCCCCCC(=O)OCCCCCCCCCCCCCCCCCC/C=C\CCCCCCCCCCCCCCCCCCCC(=O)NC(CO)C(O)CCCCCCCCCCCCCCCCCCCCCCC. The molecule has 0 fully saturated rings. The second-order valence-corrected chi connectivity index (χ2v) is 30.2. The van der Waals surface area contributed by atoms with E-state index in [0.717, 1.165) is 38.5 Å². The molecule has 1 amide bonds. The average molecular weight is 1320 g/mol. The zero-order chi connectivity index (χ0) is 67.7. The fourth-order valence-electron chi connectivity index (χ4n) is 14.1. The summed E-state index contributed by atoms with van der Waals surface area (Å²) < 4.78 is 5.52. The number of allylic oxidation sites excluding steroid dienone is 4. The van der Waals surface area contributed by atoms with Gasteiger partial charge in [-0.25, -0.2) is 0 Å². The van der Waals surface area contributed by atoms with Gasteiger partial charge < -0.3 is 20.3 Å². The minimum Gasteiger partial charge on any atom is -0.466 e. The molecule has 0 heterocycles. The molecule has 0 saturated heterocycles. The third kappa shape index (κ3) is 79.3. The normalized spacial score (nSPS) is 12.5. The van der Waals surface area contributed by atoms with Crippen molar-refractivity contribution in [1.82, 2.24) is 5.32 Å². The third-order valence-electron chi connectivity index (χ3n) is 20.7. The molecule has 0 radical (unpaired) electrons. The van der Waals surface area contributed by atoms with Crippen LogP contribution in [0.5, 0.6) is 0 Å². The molecular weight excluding hydrogens is 1150 g/mol. The van der Waals surface area contributed by atoms with Crippen LogP contribution < -0.4 is 5.32 Å². The van der Waals surface area contributed by atoms with Gasteiger partial charge in [-0.2, -0.15) is 0 Å². The highest BCUT2D eigenvalue weighted by Gasteiger charge is 2.20. The standard InChI is InChI=1S/C88H171NO5/c1-3-5-7-9-11-13-15-17-19-21-23-41-45-48-52-56-60-64-68-72-76-80-86(91)85(84-90)89-87(92)81-77-73-69-65-61-57-53-49-46-42-39-37-35-33-31-29-27-25-24-26-28-30-32-34-36-38-40-43-47-51-55-59-63-67-71-75-79-83-94-88(93)82-78-74-70-66-62-58-54-50-44-22-20-18-16-14-12-10-8-6-4-2/h18,20,24,26,85-86,90-91H,3-17,19,21-23,25,27-84H2,1-2H3,(H,89,92)/b20-18-,26-24-. The minimum atomic E-state index is -0.662. The van der Waals surface area contributed by atoms with E-state index in [-0.39, 0.29) is 18.5 Å². The lowest BCUT2D eigenvalue weighted by Gasteiger charge is -2.22. The predicted molar refractivity (Wildman–Crippen MR) is 417 cm³/mol. The van der Waals surface area contributed by atoms with Crippen molar-refractivity contribution >= 4 is 11.9 Å². The Labute approximate surface area is 590 Å². The first-order valence-corrected chi connectivity index (χ1v) is 43.6. The smallest absolute Gasteiger partial charge is 0.305 e. The van der Waals surface area contributed by atoms with Gasteiger partial charge in [0.2, 0.25) is 5.91 Å². The Hall–Kier alpha value is -1.66. The molecule has 0 aromatic heterocycles. The van der Waals surface area contributed by atoms with E-state index in [2.05, 4.69) is 43.5 Å². The Morgan fingerprint density at radius 2 is 0.500 bits per heavy atom. The highest BCUT2D eigenvalue weighted by Crippen LogP contribution is 2.21.